The van der Waals surface area contributed by atoms with Gasteiger partial charge >= 0.3 is 6.03 Å². The number of amides is 2. The van der Waals surface area contributed by atoms with Crippen molar-refractivity contribution in [1.82, 2.24) is 10.6 Å². The Morgan fingerprint density at radius 2 is 2.14 bits per heavy atom. The van der Waals surface area contributed by atoms with Crippen LogP contribution in [0.15, 0.2) is 41.1 Å². The van der Waals surface area contributed by atoms with E-state index in [0.717, 1.165) is 11.1 Å². The molecule has 21 heavy (non-hydrogen) atoms. The number of phenols is 1. The molecule has 1 heterocycles. The molecule has 2 rings (SSSR count). The van der Waals surface area contributed by atoms with E-state index in [1.165, 1.54) is 11.3 Å². The lowest BCUT2D eigenvalue weighted by Gasteiger charge is -2.11. The van der Waals surface area contributed by atoms with Crippen LogP contribution in [0.4, 0.5) is 4.79 Å². The number of aromatic hydroxyl groups is 1. The minimum absolute atomic E-state index is 0.175. The number of thiophene rings is 1. The van der Waals surface area contributed by atoms with E-state index in [1.807, 2.05) is 22.9 Å². The number of aliphatic hydroxyl groups excluding tert-OH is 1. The highest BCUT2D eigenvalue weighted by Gasteiger charge is 2.09. The van der Waals surface area contributed by atoms with E-state index in [4.69, 9.17) is 0 Å². The van der Waals surface area contributed by atoms with Gasteiger partial charge in [0.25, 0.3) is 0 Å². The number of urea groups is 1. The molecule has 0 radical (unpaired) electrons. The maximum absolute atomic E-state index is 11.6. The second-order valence-corrected chi connectivity index (χ2v) is 5.41. The smallest absolute Gasteiger partial charge is 0.314 e. The van der Waals surface area contributed by atoms with Gasteiger partial charge < -0.3 is 20.8 Å². The largest absolute Gasteiger partial charge is 0.508 e. The second-order valence-electron chi connectivity index (χ2n) is 4.63. The number of hydrogen-bond donors (Lipinski definition) is 4. The van der Waals surface area contributed by atoms with Crippen LogP contribution in [-0.2, 0) is 6.42 Å². The Bertz CT molecular complexity index is 572. The zero-order valence-corrected chi connectivity index (χ0v) is 12.3. The molecule has 6 heteroatoms. The highest BCUT2D eigenvalue weighted by Crippen LogP contribution is 2.15. The molecule has 112 valence electrons. The number of carbonyl (C=O) groups is 1. The summed E-state index contributed by atoms with van der Waals surface area (Å²) in [6.45, 7) is 0.637. The van der Waals surface area contributed by atoms with Crippen LogP contribution in [0.25, 0.3) is 0 Å². The fraction of sp³-hybridized carbons (Fsp3) is 0.267. The maximum Gasteiger partial charge on any atom is 0.314 e. The van der Waals surface area contributed by atoms with Gasteiger partial charge in [-0.2, -0.15) is 11.3 Å². The fourth-order valence-electron chi connectivity index (χ4n) is 1.87. The van der Waals surface area contributed by atoms with Gasteiger partial charge in [0, 0.05) is 13.1 Å². The summed E-state index contributed by atoms with van der Waals surface area (Å²) >= 11 is 1.51. The summed E-state index contributed by atoms with van der Waals surface area (Å²) in [6, 6.07) is 8.44. The van der Waals surface area contributed by atoms with Crippen LogP contribution in [-0.4, -0.2) is 29.3 Å². The third-order valence-corrected chi connectivity index (χ3v) is 3.70. The molecule has 0 aliphatic rings. The molecule has 0 saturated carbocycles. The summed E-state index contributed by atoms with van der Waals surface area (Å²) in [5.41, 5.74) is 1.76. The minimum atomic E-state index is -0.687. The van der Waals surface area contributed by atoms with Crippen molar-refractivity contribution in [3.63, 3.8) is 0 Å². The van der Waals surface area contributed by atoms with Crippen LogP contribution in [0, 0.1) is 0 Å². The van der Waals surface area contributed by atoms with E-state index in [1.54, 1.807) is 18.2 Å². The van der Waals surface area contributed by atoms with Crippen LogP contribution in [0.1, 0.15) is 17.2 Å². The van der Waals surface area contributed by atoms with Gasteiger partial charge in [0.05, 0.1) is 6.10 Å². The number of nitrogens with one attached hydrogen (secondary N) is 2. The molecule has 0 fully saturated rings. The first-order valence-corrected chi connectivity index (χ1v) is 7.59. The standard InChI is InChI=1S/C15H18N2O3S/c18-13-3-1-2-11(8-13)4-6-16-15(20)17-9-14(19)12-5-7-21-10-12/h1-3,5,7-8,10,14,18-19H,4,6,9H2,(H2,16,17,20). The fourth-order valence-corrected chi connectivity index (χ4v) is 2.57. The molecule has 0 aliphatic heterocycles. The van der Waals surface area contributed by atoms with E-state index < -0.39 is 6.10 Å². The van der Waals surface area contributed by atoms with Gasteiger partial charge in [0.2, 0.25) is 0 Å². The van der Waals surface area contributed by atoms with E-state index in [0.29, 0.717) is 13.0 Å². The van der Waals surface area contributed by atoms with Gasteiger partial charge in [0.1, 0.15) is 5.75 Å². The van der Waals surface area contributed by atoms with E-state index >= 15 is 0 Å². The van der Waals surface area contributed by atoms with Crippen molar-refractivity contribution in [3.05, 3.63) is 52.2 Å². The monoisotopic (exact) mass is 306 g/mol. The molecule has 1 aromatic carbocycles. The summed E-state index contributed by atoms with van der Waals surface area (Å²) < 4.78 is 0. The maximum atomic E-state index is 11.6. The Balaban J connectivity index is 1.66. The minimum Gasteiger partial charge on any atom is -0.508 e. The van der Waals surface area contributed by atoms with Crippen molar-refractivity contribution < 1.29 is 15.0 Å². The van der Waals surface area contributed by atoms with Crippen molar-refractivity contribution in [1.29, 1.82) is 0 Å². The molecule has 1 atom stereocenters. The first kappa shape index (κ1) is 15.3. The summed E-state index contributed by atoms with van der Waals surface area (Å²) in [7, 11) is 0. The lowest BCUT2D eigenvalue weighted by Crippen LogP contribution is -2.38. The molecule has 0 saturated heterocycles. The molecule has 4 N–H and O–H groups in total. The quantitative estimate of drug-likeness (QED) is 0.659. The average Bonchev–Trinajstić information content (AvgIpc) is 2.99. The highest BCUT2D eigenvalue weighted by molar-refractivity contribution is 7.07. The highest BCUT2D eigenvalue weighted by atomic mass is 32.1. The summed E-state index contributed by atoms with van der Waals surface area (Å²) in [5.74, 6) is 0.218. The lowest BCUT2D eigenvalue weighted by molar-refractivity contribution is 0.173. The van der Waals surface area contributed by atoms with Gasteiger partial charge in [-0.05, 0) is 46.5 Å². The first-order chi connectivity index (χ1) is 10.1. The number of carbonyl (C=O) groups excluding carboxylic acids is 1. The molecule has 2 amide bonds. The van der Waals surface area contributed by atoms with Crippen molar-refractivity contribution in [2.45, 2.75) is 12.5 Å². The summed E-state index contributed by atoms with van der Waals surface area (Å²) in [4.78, 5) is 11.6. The molecule has 0 spiro atoms. The molecule has 2 aromatic rings. The Morgan fingerprint density at radius 3 is 2.86 bits per heavy atom. The van der Waals surface area contributed by atoms with Gasteiger partial charge in [0.15, 0.2) is 0 Å². The molecule has 1 unspecified atom stereocenters. The van der Waals surface area contributed by atoms with Crippen molar-refractivity contribution in [2.75, 3.05) is 13.1 Å². The van der Waals surface area contributed by atoms with Crippen LogP contribution < -0.4 is 10.6 Å². The van der Waals surface area contributed by atoms with Crippen LogP contribution >= 0.6 is 11.3 Å². The van der Waals surface area contributed by atoms with E-state index in [9.17, 15) is 15.0 Å². The zero-order chi connectivity index (χ0) is 15.1. The Morgan fingerprint density at radius 1 is 1.29 bits per heavy atom. The average molecular weight is 306 g/mol. The lowest BCUT2D eigenvalue weighted by atomic mass is 10.1. The molecule has 1 aromatic heterocycles. The summed E-state index contributed by atoms with van der Waals surface area (Å²) in [6.07, 6.45) is -0.0531. The number of rotatable bonds is 6. The number of benzene rings is 1. The Kier molecular flexibility index (Phi) is 5.59. The third kappa shape index (κ3) is 5.09. The van der Waals surface area contributed by atoms with Gasteiger partial charge in [-0.25, -0.2) is 4.79 Å². The van der Waals surface area contributed by atoms with E-state index in [-0.39, 0.29) is 18.3 Å². The predicted octanol–water partition coefficient (Wildman–Crippen LogP) is 2.03. The van der Waals surface area contributed by atoms with Crippen molar-refractivity contribution in [3.8, 4) is 5.75 Å². The molecule has 5 nitrogen and oxygen atoms in total. The van der Waals surface area contributed by atoms with Crippen molar-refractivity contribution >= 4 is 17.4 Å². The molecular weight excluding hydrogens is 288 g/mol. The first-order valence-electron chi connectivity index (χ1n) is 6.65. The predicted molar refractivity (Wildman–Crippen MR) is 82.5 cm³/mol. The molecule has 0 aliphatic carbocycles. The second kappa shape index (κ2) is 7.66. The SMILES string of the molecule is O=C(NCCc1cccc(O)c1)NCC(O)c1ccsc1. The zero-order valence-electron chi connectivity index (χ0n) is 11.5. The topological polar surface area (TPSA) is 81.6 Å². The number of phenolic OH excluding ortho intramolecular Hbond substituents is 1. The van der Waals surface area contributed by atoms with Gasteiger partial charge in [-0.1, -0.05) is 12.1 Å². The number of hydrogen-bond acceptors (Lipinski definition) is 4. The van der Waals surface area contributed by atoms with Crippen LogP contribution in [0.5, 0.6) is 5.75 Å². The van der Waals surface area contributed by atoms with Crippen LogP contribution in [0.2, 0.25) is 0 Å². The van der Waals surface area contributed by atoms with E-state index in [2.05, 4.69) is 10.6 Å². The van der Waals surface area contributed by atoms with Crippen LogP contribution in [0.3, 0.4) is 0 Å². The van der Waals surface area contributed by atoms with Gasteiger partial charge in [-0.3, -0.25) is 0 Å². The van der Waals surface area contributed by atoms with Gasteiger partial charge in [-0.15, -0.1) is 0 Å². The normalized spacial score (nSPS) is 11.9. The molecular formula is C15H18N2O3S. The summed E-state index contributed by atoms with van der Waals surface area (Å²) in [5, 5.41) is 28.2. The Hall–Kier alpha value is -2.05. The Labute approximate surface area is 127 Å². The van der Waals surface area contributed by atoms with Crippen molar-refractivity contribution in [2.24, 2.45) is 0 Å². The third-order valence-electron chi connectivity index (χ3n) is 2.99. The number of aliphatic hydroxyl groups is 1. The molecule has 0 bridgehead atoms.